The summed E-state index contributed by atoms with van der Waals surface area (Å²) in [6.07, 6.45) is 2.32. The molecule has 1 N–H and O–H groups in total. The fraction of sp³-hybridized carbons (Fsp3) is 0.200. The Morgan fingerprint density at radius 3 is 2.54 bits per heavy atom. The van der Waals surface area contributed by atoms with Crippen molar-refractivity contribution < 1.29 is 5.11 Å². The molecule has 1 aromatic rings. The van der Waals surface area contributed by atoms with Gasteiger partial charge in [-0.1, -0.05) is 19.1 Å². The number of nitroso groups, excluding NO2 is 1. The molecule has 0 heterocycles. The van der Waals surface area contributed by atoms with Crippen LogP contribution in [0.4, 0.5) is 0 Å². The highest BCUT2D eigenvalue weighted by Crippen LogP contribution is 2.14. The lowest BCUT2D eigenvalue weighted by molar-refractivity contribution is 0.475. The van der Waals surface area contributed by atoms with Crippen molar-refractivity contribution in [2.75, 3.05) is 0 Å². The first-order chi connectivity index (χ1) is 6.26. The smallest absolute Gasteiger partial charge is 0.115 e. The molecule has 0 aliphatic rings. The van der Waals surface area contributed by atoms with Crippen LogP contribution < -0.4 is 0 Å². The van der Waals surface area contributed by atoms with Gasteiger partial charge >= 0.3 is 0 Å². The molecule has 13 heavy (non-hydrogen) atoms. The lowest BCUT2D eigenvalue weighted by Gasteiger charge is -1.95. The summed E-state index contributed by atoms with van der Waals surface area (Å²) in [5.74, 6) is 0.217. The van der Waals surface area contributed by atoms with Crippen molar-refractivity contribution in [3.63, 3.8) is 0 Å². The summed E-state index contributed by atoms with van der Waals surface area (Å²) >= 11 is 0. The van der Waals surface area contributed by atoms with Crippen LogP contribution in [0.25, 0.3) is 6.08 Å². The molecule has 0 aliphatic heterocycles. The number of phenolic OH excluding ortho intramolecular Hbond substituents is 1. The Balaban J connectivity index is 2.90. The third-order valence-electron chi connectivity index (χ3n) is 1.71. The number of hydrogen-bond acceptors (Lipinski definition) is 3. The van der Waals surface area contributed by atoms with E-state index >= 15 is 0 Å². The molecule has 1 rings (SSSR count). The molecule has 0 radical (unpaired) electrons. The summed E-state index contributed by atoms with van der Waals surface area (Å²) < 4.78 is 0. The maximum Gasteiger partial charge on any atom is 0.115 e. The highest BCUT2D eigenvalue weighted by atomic mass is 16.3. The Kier molecular flexibility index (Phi) is 3.20. The molecule has 0 bridgehead atoms. The minimum Gasteiger partial charge on any atom is -0.508 e. The number of nitrogens with zero attached hydrogens (tertiary/aromatic N) is 1. The van der Waals surface area contributed by atoms with Crippen molar-refractivity contribution in [1.82, 2.24) is 0 Å². The second-order valence-corrected chi connectivity index (χ2v) is 2.67. The third kappa shape index (κ3) is 2.71. The van der Waals surface area contributed by atoms with Crippen LogP contribution in [0.5, 0.6) is 5.75 Å². The minimum atomic E-state index is 0.217. The van der Waals surface area contributed by atoms with Crippen LogP contribution in [0.15, 0.2) is 35.1 Å². The zero-order chi connectivity index (χ0) is 9.68. The molecule has 0 amide bonds. The second-order valence-electron chi connectivity index (χ2n) is 2.67. The fourth-order valence-corrected chi connectivity index (χ4v) is 0.956. The van der Waals surface area contributed by atoms with Gasteiger partial charge in [0.1, 0.15) is 5.75 Å². The van der Waals surface area contributed by atoms with Gasteiger partial charge in [0, 0.05) is 0 Å². The van der Waals surface area contributed by atoms with E-state index in [-0.39, 0.29) is 5.75 Å². The van der Waals surface area contributed by atoms with Gasteiger partial charge in [-0.05, 0) is 35.4 Å². The first-order valence-electron chi connectivity index (χ1n) is 4.09. The van der Waals surface area contributed by atoms with Gasteiger partial charge < -0.3 is 5.11 Å². The van der Waals surface area contributed by atoms with Crippen molar-refractivity contribution in [2.45, 2.75) is 13.3 Å². The Hall–Kier alpha value is -1.64. The first-order valence-corrected chi connectivity index (χ1v) is 4.09. The van der Waals surface area contributed by atoms with E-state index in [1.165, 1.54) is 0 Å². The third-order valence-corrected chi connectivity index (χ3v) is 1.71. The van der Waals surface area contributed by atoms with Crippen LogP contribution in [0.3, 0.4) is 0 Å². The lowest BCUT2D eigenvalue weighted by atomic mass is 10.1. The second kappa shape index (κ2) is 4.40. The topological polar surface area (TPSA) is 49.7 Å². The van der Waals surface area contributed by atoms with Gasteiger partial charge in [0.15, 0.2) is 0 Å². The van der Waals surface area contributed by atoms with Crippen molar-refractivity contribution in [3.8, 4) is 5.75 Å². The number of allylic oxidation sites excluding steroid dienone is 1. The molecule has 0 saturated carbocycles. The number of hydrogen-bond donors (Lipinski definition) is 1. The Morgan fingerprint density at radius 1 is 1.46 bits per heavy atom. The van der Waals surface area contributed by atoms with Crippen LogP contribution in [-0.4, -0.2) is 5.11 Å². The molecule has 0 spiro atoms. The summed E-state index contributed by atoms with van der Waals surface area (Å²) in [4.78, 5) is 10.2. The van der Waals surface area contributed by atoms with Crippen LogP contribution in [0, 0.1) is 4.91 Å². The molecular weight excluding hydrogens is 166 g/mol. The van der Waals surface area contributed by atoms with Gasteiger partial charge in [0.05, 0.1) is 5.70 Å². The van der Waals surface area contributed by atoms with E-state index in [1.54, 1.807) is 30.3 Å². The standard InChI is InChI=1S/C10H11NO2/c1-2-9(11-13)7-8-3-5-10(12)6-4-8/h3-7,12H,2H2,1H3/b9-7+. The maximum atomic E-state index is 10.2. The van der Waals surface area contributed by atoms with E-state index in [4.69, 9.17) is 5.11 Å². The summed E-state index contributed by atoms with van der Waals surface area (Å²) in [6, 6.07) is 6.61. The molecule has 0 aromatic heterocycles. The number of phenols is 1. The Labute approximate surface area is 76.7 Å². The average molecular weight is 177 g/mol. The molecule has 0 atom stereocenters. The highest BCUT2D eigenvalue weighted by molar-refractivity contribution is 5.53. The summed E-state index contributed by atoms with van der Waals surface area (Å²) in [5.41, 5.74) is 1.37. The van der Waals surface area contributed by atoms with Crippen molar-refractivity contribution >= 4 is 6.08 Å². The van der Waals surface area contributed by atoms with Crippen LogP contribution in [0.2, 0.25) is 0 Å². The van der Waals surface area contributed by atoms with Gasteiger partial charge in [-0.15, -0.1) is 4.91 Å². The number of benzene rings is 1. The molecule has 3 nitrogen and oxygen atoms in total. The van der Waals surface area contributed by atoms with E-state index in [9.17, 15) is 4.91 Å². The molecule has 0 fully saturated rings. The van der Waals surface area contributed by atoms with Gasteiger partial charge in [-0.2, -0.15) is 0 Å². The van der Waals surface area contributed by atoms with Gasteiger partial charge in [0.25, 0.3) is 0 Å². The largest absolute Gasteiger partial charge is 0.508 e. The summed E-state index contributed by atoms with van der Waals surface area (Å²) in [7, 11) is 0. The van der Waals surface area contributed by atoms with Crippen molar-refractivity contribution in [1.29, 1.82) is 0 Å². The fourth-order valence-electron chi connectivity index (χ4n) is 0.956. The van der Waals surface area contributed by atoms with E-state index in [0.29, 0.717) is 12.1 Å². The summed E-state index contributed by atoms with van der Waals surface area (Å²) in [6.45, 7) is 1.87. The van der Waals surface area contributed by atoms with Crippen LogP contribution in [-0.2, 0) is 0 Å². The van der Waals surface area contributed by atoms with Gasteiger partial charge in [-0.25, -0.2) is 0 Å². The van der Waals surface area contributed by atoms with Gasteiger partial charge in [0.2, 0.25) is 0 Å². The van der Waals surface area contributed by atoms with Crippen molar-refractivity contribution in [2.24, 2.45) is 5.18 Å². The number of aromatic hydroxyl groups is 1. The van der Waals surface area contributed by atoms with Crippen LogP contribution in [0.1, 0.15) is 18.9 Å². The lowest BCUT2D eigenvalue weighted by Crippen LogP contribution is -1.75. The molecule has 0 saturated heterocycles. The molecule has 0 unspecified atom stereocenters. The molecule has 1 aromatic carbocycles. The number of rotatable bonds is 3. The van der Waals surface area contributed by atoms with Crippen LogP contribution >= 0.6 is 0 Å². The predicted molar refractivity (Wildman–Crippen MR) is 52.2 cm³/mol. The van der Waals surface area contributed by atoms with Gasteiger partial charge in [-0.3, -0.25) is 0 Å². The zero-order valence-electron chi connectivity index (χ0n) is 7.40. The highest BCUT2D eigenvalue weighted by Gasteiger charge is 1.94. The Morgan fingerprint density at radius 2 is 2.08 bits per heavy atom. The molecular formula is C10H11NO2. The minimum absolute atomic E-state index is 0.217. The van der Waals surface area contributed by atoms with Crippen molar-refractivity contribution in [3.05, 3.63) is 40.4 Å². The molecule has 3 heteroatoms. The zero-order valence-corrected chi connectivity index (χ0v) is 7.40. The van der Waals surface area contributed by atoms with E-state index < -0.39 is 0 Å². The quantitative estimate of drug-likeness (QED) is 0.721. The van der Waals surface area contributed by atoms with E-state index in [0.717, 1.165) is 5.56 Å². The summed E-state index contributed by atoms with van der Waals surface area (Å²) in [5, 5.41) is 11.9. The predicted octanol–water partition coefficient (Wildman–Crippen LogP) is 2.91. The maximum absolute atomic E-state index is 10.2. The average Bonchev–Trinajstić information content (AvgIpc) is 2.17. The molecule has 0 aliphatic carbocycles. The monoisotopic (exact) mass is 177 g/mol. The molecule has 68 valence electrons. The van der Waals surface area contributed by atoms with E-state index in [2.05, 4.69) is 5.18 Å². The normalized spacial score (nSPS) is 11.3. The Bertz CT molecular complexity index is 314. The SMILES string of the molecule is CC/C(=C\c1ccc(O)cc1)N=O. The van der Waals surface area contributed by atoms with E-state index in [1.807, 2.05) is 6.92 Å². The first kappa shape index (κ1) is 9.45.